The molecule has 0 fully saturated rings. The van der Waals surface area contributed by atoms with Crippen molar-refractivity contribution in [3.05, 3.63) is 44.7 Å². The number of ether oxygens (including phenoxy) is 1. The number of aromatic nitrogens is 1. The summed E-state index contributed by atoms with van der Waals surface area (Å²) in [7, 11) is 0. The molecule has 2 rings (SSSR count). The van der Waals surface area contributed by atoms with Gasteiger partial charge in [-0.2, -0.15) is 0 Å². The zero-order chi connectivity index (χ0) is 15.4. The molecule has 0 aromatic carbocycles. The first-order valence-electron chi connectivity index (χ1n) is 5.84. The molecule has 0 aliphatic carbocycles. The van der Waals surface area contributed by atoms with Gasteiger partial charge in [-0.3, -0.25) is 4.79 Å². The van der Waals surface area contributed by atoms with Crippen LogP contribution in [0.1, 0.15) is 16.6 Å². The average molecular weight is 345 g/mol. The Balaban J connectivity index is 1.98. The van der Waals surface area contributed by atoms with Crippen molar-refractivity contribution >= 4 is 52.2 Å². The van der Waals surface area contributed by atoms with Crippen molar-refractivity contribution in [2.24, 2.45) is 0 Å². The second-order valence-corrected chi connectivity index (χ2v) is 5.79. The lowest BCUT2D eigenvalue weighted by Gasteiger charge is -2.13. The van der Waals surface area contributed by atoms with E-state index in [0.717, 1.165) is 0 Å². The van der Waals surface area contributed by atoms with Gasteiger partial charge in [0, 0.05) is 6.20 Å². The number of esters is 1. The largest absolute Gasteiger partial charge is 0.448 e. The summed E-state index contributed by atoms with van der Waals surface area (Å²) in [5, 5.41) is 4.78. The molecule has 0 bridgehead atoms. The van der Waals surface area contributed by atoms with Crippen LogP contribution in [0.15, 0.2) is 29.8 Å². The quantitative estimate of drug-likeness (QED) is 0.859. The van der Waals surface area contributed by atoms with Crippen LogP contribution in [0, 0.1) is 0 Å². The Hall–Kier alpha value is -1.63. The number of nitrogens with one attached hydrogen (secondary N) is 1. The number of hydrogen-bond acceptors (Lipinski definition) is 5. The number of halogens is 2. The lowest BCUT2D eigenvalue weighted by molar-refractivity contribution is -0.123. The smallest absolute Gasteiger partial charge is 0.349 e. The third kappa shape index (κ3) is 4.17. The zero-order valence-corrected chi connectivity index (χ0v) is 13.1. The predicted molar refractivity (Wildman–Crippen MR) is 82.1 cm³/mol. The predicted octanol–water partition coefficient (Wildman–Crippen LogP) is 3.63. The van der Waals surface area contributed by atoms with Crippen molar-refractivity contribution in [1.29, 1.82) is 0 Å². The standard InChI is InChI=1S/C13H10Cl2N2O3S/c1-7(20-13(19)10-3-2-4-21-10)12(18)17-11-9(15)5-8(14)6-16-11/h2-7H,1H3,(H,16,17,18)/t7-/m0/s1. The molecular formula is C13H10Cl2N2O3S. The van der Waals surface area contributed by atoms with E-state index >= 15 is 0 Å². The molecular weight excluding hydrogens is 335 g/mol. The maximum absolute atomic E-state index is 11.9. The van der Waals surface area contributed by atoms with E-state index in [1.165, 1.54) is 30.5 Å². The van der Waals surface area contributed by atoms with E-state index in [1.807, 2.05) is 0 Å². The molecule has 0 radical (unpaired) electrons. The van der Waals surface area contributed by atoms with E-state index in [2.05, 4.69) is 10.3 Å². The van der Waals surface area contributed by atoms with E-state index in [9.17, 15) is 9.59 Å². The average Bonchev–Trinajstić information content (AvgIpc) is 2.95. The van der Waals surface area contributed by atoms with Gasteiger partial charge < -0.3 is 10.1 Å². The number of thiophene rings is 1. The highest BCUT2D eigenvalue weighted by Crippen LogP contribution is 2.22. The first kappa shape index (κ1) is 15.8. The zero-order valence-electron chi connectivity index (χ0n) is 10.8. The number of nitrogens with zero attached hydrogens (tertiary/aromatic N) is 1. The third-order valence-electron chi connectivity index (χ3n) is 2.42. The highest BCUT2D eigenvalue weighted by Gasteiger charge is 2.20. The van der Waals surface area contributed by atoms with Gasteiger partial charge in [-0.15, -0.1) is 11.3 Å². The molecule has 0 saturated carbocycles. The Morgan fingerprint density at radius 2 is 2.19 bits per heavy atom. The first-order valence-corrected chi connectivity index (χ1v) is 7.47. The van der Waals surface area contributed by atoms with Crippen LogP contribution in [-0.2, 0) is 9.53 Å². The van der Waals surface area contributed by atoms with Crippen LogP contribution in [-0.4, -0.2) is 23.0 Å². The maximum Gasteiger partial charge on any atom is 0.349 e. The monoisotopic (exact) mass is 344 g/mol. The van der Waals surface area contributed by atoms with E-state index < -0.39 is 18.0 Å². The molecule has 0 aliphatic rings. The molecule has 2 heterocycles. The molecule has 0 spiro atoms. The summed E-state index contributed by atoms with van der Waals surface area (Å²) in [6.07, 6.45) is 0.374. The Bertz CT molecular complexity index is 661. The maximum atomic E-state index is 11.9. The SMILES string of the molecule is C[C@H](OC(=O)c1cccs1)C(=O)Nc1ncc(Cl)cc1Cl. The van der Waals surface area contributed by atoms with Gasteiger partial charge in [0.1, 0.15) is 4.88 Å². The van der Waals surface area contributed by atoms with Crippen molar-refractivity contribution in [2.75, 3.05) is 5.32 Å². The summed E-state index contributed by atoms with van der Waals surface area (Å²) in [6.45, 7) is 1.46. The van der Waals surface area contributed by atoms with Crippen LogP contribution >= 0.6 is 34.5 Å². The Morgan fingerprint density at radius 3 is 2.81 bits per heavy atom. The topological polar surface area (TPSA) is 68.3 Å². The second kappa shape index (κ2) is 6.89. The summed E-state index contributed by atoms with van der Waals surface area (Å²) in [5.41, 5.74) is 0. The second-order valence-electron chi connectivity index (χ2n) is 4.00. The van der Waals surface area contributed by atoms with E-state index in [1.54, 1.807) is 17.5 Å². The number of carbonyl (C=O) groups excluding carboxylic acids is 2. The number of hydrogen-bond donors (Lipinski definition) is 1. The Morgan fingerprint density at radius 1 is 1.43 bits per heavy atom. The van der Waals surface area contributed by atoms with Crippen LogP contribution in [0.3, 0.4) is 0 Å². The summed E-state index contributed by atoms with van der Waals surface area (Å²) in [4.78, 5) is 28.0. The molecule has 2 aromatic heterocycles. The molecule has 0 unspecified atom stereocenters. The van der Waals surface area contributed by atoms with Crippen LogP contribution in [0.4, 0.5) is 5.82 Å². The highest BCUT2D eigenvalue weighted by atomic mass is 35.5. The molecule has 1 atom stereocenters. The molecule has 5 nitrogen and oxygen atoms in total. The fourth-order valence-corrected chi connectivity index (χ4v) is 2.42. The first-order chi connectivity index (χ1) is 9.97. The van der Waals surface area contributed by atoms with Crippen LogP contribution < -0.4 is 5.32 Å². The van der Waals surface area contributed by atoms with Gasteiger partial charge in [0.05, 0.1) is 10.0 Å². The van der Waals surface area contributed by atoms with Crippen molar-refractivity contribution in [1.82, 2.24) is 4.98 Å². The fourth-order valence-electron chi connectivity index (χ4n) is 1.39. The summed E-state index contributed by atoms with van der Waals surface area (Å²) in [6, 6.07) is 4.80. The number of pyridine rings is 1. The minimum Gasteiger partial charge on any atom is -0.448 e. The third-order valence-corrected chi connectivity index (χ3v) is 3.77. The summed E-state index contributed by atoms with van der Waals surface area (Å²) >= 11 is 12.8. The van der Waals surface area contributed by atoms with Crippen LogP contribution in [0.2, 0.25) is 10.0 Å². The van der Waals surface area contributed by atoms with Crippen LogP contribution in [0.5, 0.6) is 0 Å². The normalized spacial score (nSPS) is 11.8. The summed E-state index contributed by atoms with van der Waals surface area (Å²) < 4.78 is 5.05. The molecule has 110 valence electrons. The summed E-state index contributed by atoms with van der Waals surface area (Å²) in [5.74, 6) is -0.926. The van der Waals surface area contributed by atoms with Crippen molar-refractivity contribution in [3.63, 3.8) is 0 Å². The molecule has 8 heteroatoms. The molecule has 1 N–H and O–H groups in total. The van der Waals surface area contributed by atoms with Crippen molar-refractivity contribution in [2.45, 2.75) is 13.0 Å². The van der Waals surface area contributed by atoms with Crippen molar-refractivity contribution in [3.8, 4) is 0 Å². The number of amides is 1. The van der Waals surface area contributed by atoms with Crippen molar-refractivity contribution < 1.29 is 14.3 Å². The molecule has 0 saturated heterocycles. The van der Waals surface area contributed by atoms with Gasteiger partial charge in [-0.05, 0) is 24.4 Å². The lowest BCUT2D eigenvalue weighted by atomic mass is 10.3. The number of carbonyl (C=O) groups is 2. The van der Waals surface area contributed by atoms with E-state index in [4.69, 9.17) is 27.9 Å². The van der Waals surface area contributed by atoms with Gasteiger partial charge in [-0.25, -0.2) is 9.78 Å². The van der Waals surface area contributed by atoms with Gasteiger partial charge >= 0.3 is 5.97 Å². The Kier molecular flexibility index (Phi) is 5.17. The minimum atomic E-state index is -0.979. The highest BCUT2D eigenvalue weighted by molar-refractivity contribution is 7.11. The minimum absolute atomic E-state index is 0.157. The van der Waals surface area contributed by atoms with E-state index in [-0.39, 0.29) is 10.8 Å². The molecule has 21 heavy (non-hydrogen) atoms. The van der Waals surface area contributed by atoms with Gasteiger partial charge in [0.2, 0.25) is 0 Å². The fraction of sp³-hybridized carbons (Fsp3) is 0.154. The van der Waals surface area contributed by atoms with Crippen LogP contribution in [0.25, 0.3) is 0 Å². The number of rotatable bonds is 4. The molecule has 0 aliphatic heterocycles. The van der Waals surface area contributed by atoms with Gasteiger partial charge in [0.25, 0.3) is 5.91 Å². The van der Waals surface area contributed by atoms with Gasteiger partial charge in [0.15, 0.2) is 11.9 Å². The Labute approximate surface area is 134 Å². The molecule has 1 amide bonds. The lowest BCUT2D eigenvalue weighted by Crippen LogP contribution is -2.30. The molecule has 2 aromatic rings. The van der Waals surface area contributed by atoms with E-state index in [0.29, 0.717) is 9.90 Å². The number of anilines is 1. The van der Waals surface area contributed by atoms with Gasteiger partial charge in [-0.1, -0.05) is 29.3 Å².